The number of carboxylic acids is 1. The Morgan fingerprint density at radius 1 is 1.62 bits per heavy atom. The molecular weight excluding hydrogens is 186 g/mol. The van der Waals surface area contributed by atoms with E-state index in [2.05, 4.69) is 12.6 Å². The predicted molar refractivity (Wildman–Crippen MR) is 52.9 cm³/mol. The van der Waals surface area contributed by atoms with Crippen molar-refractivity contribution in [3.05, 3.63) is 29.8 Å². The molecule has 1 atom stereocenters. The van der Waals surface area contributed by atoms with Crippen molar-refractivity contribution in [2.75, 3.05) is 0 Å². The molecule has 0 aliphatic carbocycles. The summed E-state index contributed by atoms with van der Waals surface area (Å²) in [5, 5.41) is 8.52. The van der Waals surface area contributed by atoms with Crippen LogP contribution in [0.5, 0.6) is 0 Å². The average molecular weight is 197 g/mol. The molecule has 70 valence electrons. The highest BCUT2D eigenvalue weighted by Gasteiger charge is 2.09. The molecule has 4 heteroatoms. The summed E-state index contributed by atoms with van der Waals surface area (Å²) in [6.07, 6.45) is -0.0583. The van der Waals surface area contributed by atoms with Gasteiger partial charge in [-0.3, -0.25) is 4.79 Å². The summed E-state index contributed by atoms with van der Waals surface area (Å²) in [6.45, 7) is 0. The second kappa shape index (κ2) is 4.30. The summed E-state index contributed by atoms with van der Waals surface area (Å²) in [5.41, 5.74) is 6.45. The fraction of sp³-hybridized carbons (Fsp3) is 0.222. The van der Waals surface area contributed by atoms with Crippen molar-refractivity contribution in [3.8, 4) is 0 Å². The molecule has 0 amide bonds. The molecule has 0 saturated carbocycles. The molecule has 1 aromatic carbocycles. The smallest absolute Gasteiger partial charge is 0.305 e. The molecule has 0 aromatic heterocycles. The standard InChI is InChI=1S/C9H11NO2S/c10-8(5-9(11)12)6-2-1-3-7(13)4-6/h1-4,8,13H,5,10H2,(H,11,12). The van der Waals surface area contributed by atoms with Crippen LogP contribution in [0, 0.1) is 0 Å². The molecule has 0 spiro atoms. The Morgan fingerprint density at radius 3 is 2.85 bits per heavy atom. The van der Waals surface area contributed by atoms with Crippen LogP contribution in [0.3, 0.4) is 0 Å². The van der Waals surface area contributed by atoms with Gasteiger partial charge in [0.05, 0.1) is 6.42 Å². The van der Waals surface area contributed by atoms with Crippen molar-refractivity contribution >= 4 is 18.6 Å². The molecule has 1 aromatic rings. The van der Waals surface area contributed by atoms with E-state index in [1.165, 1.54) is 0 Å². The first kappa shape index (κ1) is 10.1. The van der Waals surface area contributed by atoms with Crippen LogP contribution in [0.4, 0.5) is 0 Å². The van der Waals surface area contributed by atoms with E-state index in [0.29, 0.717) is 0 Å². The summed E-state index contributed by atoms with van der Waals surface area (Å²) in [7, 11) is 0. The lowest BCUT2D eigenvalue weighted by Gasteiger charge is -2.09. The number of rotatable bonds is 3. The number of hydrogen-bond donors (Lipinski definition) is 3. The van der Waals surface area contributed by atoms with Gasteiger partial charge in [0.2, 0.25) is 0 Å². The third-order valence-corrected chi connectivity index (χ3v) is 1.97. The van der Waals surface area contributed by atoms with Gasteiger partial charge >= 0.3 is 5.97 Å². The van der Waals surface area contributed by atoms with Crippen molar-refractivity contribution in [1.82, 2.24) is 0 Å². The van der Waals surface area contributed by atoms with Crippen molar-refractivity contribution in [2.45, 2.75) is 17.4 Å². The van der Waals surface area contributed by atoms with Crippen LogP contribution in [0.2, 0.25) is 0 Å². The highest BCUT2D eigenvalue weighted by atomic mass is 32.1. The Kier molecular flexibility index (Phi) is 3.33. The van der Waals surface area contributed by atoms with Crippen LogP contribution < -0.4 is 5.73 Å². The van der Waals surface area contributed by atoms with Crippen LogP contribution in [-0.4, -0.2) is 11.1 Å². The number of carboxylic acid groups (broad SMARTS) is 1. The van der Waals surface area contributed by atoms with Crippen molar-refractivity contribution in [2.24, 2.45) is 5.73 Å². The van der Waals surface area contributed by atoms with E-state index in [-0.39, 0.29) is 6.42 Å². The van der Waals surface area contributed by atoms with Gasteiger partial charge in [-0.1, -0.05) is 12.1 Å². The quantitative estimate of drug-likeness (QED) is 0.643. The van der Waals surface area contributed by atoms with Crippen LogP contribution in [0.25, 0.3) is 0 Å². The molecule has 0 aliphatic heterocycles. The van der Waals surface area contributed by atoms with Crippen molar-refractivity contribution in [3.63, 3.8) is 0 Å². The van der Waals surface area contributed by atoms with Crippen LogP contribution in [-0.2, 0) is 4.79 Å². The maximum absolute atomic E-state index is 10.4. The summed E-state index contributed by atoms with van der Waals surface area (Å²) < 4.78 is 0. The number of aliphatic carboxylic acids is 1. The van der Waals surface area contributed by atoms with Gasteiger partial charge in [0.1, 0.15) is 0 Å². The van der Waals surface area contributed by atoms with E-state index >= 15 is 0 Å². The number of nitrogens with two attached hydrogens (primary N) is 1. The Balaban J connectivity index is 2.76. The lowest BCUT2D eigenvalue weighted by molar-refractivity contribution is -0.137. The van der Waals surface area contributed by atoms with E-state index in [0.717, 1.165) is 10.5 Å². The molecule has 1 rings (SSSR count). The average Bonchev–Trinajstić information content (AvgIpc) is 2.03. The summed E-state index contributed by atoms with van der Waals surface area (Å²) in [5.74, 6) is -0.892. The Bertz CT molecular complexity index is 314. The van der Waals surface area contributed by atoms with Gasteiger partial charge in [-0.15, -0.1) is 12.6 Å². The van der Waals surface area contributed by atoms with E-state index in [1.807, 2.05) is 6.07 Å². The molecule has 0 heterocycles. The molecule has 1 unspecified atom stereocenters. The van der Waals surface area contributed by atoms with Gasteiger partial charge < -0.3 is 10.8 Å². The second-order valence-corrected chi connectivity index (χ2v) is 3.32. The monoisotopic (exact) mass is 197 g/mol. The molecule has 13 heavy (non-hydrogen) atoms. The first-order chi connectivity index (χ1) is 6.09. The number of carbonyl (C=O) groups is 1. The highest BCUT2D eigenvalue weighted by Crippen LogP contribution is 2.17. The topological polar surface area (TPSA) is 63.3 Å². The maximum Gasteiger partial charge on any atom is 0.305 e. The van der Waals surface area contributed by atoms with E-state index < -0.39 is 12.0 Å². The Labute approximate surface area is 82.0 Å². The minimum atomic E-state index is -0.892. The second-order valence-electron chi connectivity index (χ2n) is 2.80. The zero-order chi connectivity index (χ0) is 9.84. The largest absolute Gasteiger partial charge is 0.481 e. The maximum atomic E-state index is 10.4. The fourth-order valence-electron chi connectivity index (χ4n) is 1.06. The molecule has 0 fully saturated rings. The first-order valence-corrected chi connectivity index (χ1v) is 4.30. The third-order valence-electron chi connectivity index (χ3n) is 1.69. The normalized spacial score (nSPS) is 12.5. The van der Waals surface area contributed by atoms with Gasteiger partial charge in [0.15, 0.2) is 0 Å². The Morgan fingerprint density at radius 2 is 2.31 bits per heavy atom. The first-order valence-electron chi connectivity index (χ1n) is 3.86. The molecule has 0 saturated heterocycles. The van der Waals surface area contributed by atoms with Crippen LogP contribution in [0.15, 0.2) is 29.2 Å². The summed E-state index contributed by atoms with van der Waals surface area (Å²) in [4.78, 5) is 11.2. The van der Waals surface area contributed by atoms with Gasteiger partial charge in [-0.05, 0) is 17.7 Å². The molecule has 0 bridgehead atoms. The van der Waals surface area contributed by atoms with Gasteiger partial charge in [0.25, 0.3) is 0 Å². The van der Waals surface area contributed by atoms with Gasteiger partial charge in [-0.2, -0.15) is 0 Å². The molecule has 0 radical (unpaired) electrons. The number of thiol groups is 1. The van der Waals surface area contributed by atoms with Crippen molar-refractivity contribution < 1.29 is 9.90 Å². The molecule has 3 nitrogen and oxygen atoms in total. The predicted octanol–water partition coefficient (Wildman–Crippen LogP) is 1.45. The zero-order valence-corrected chi connectivity index (χ0v) is 7.87. The summed E-state index contributed by atoms with van der Waals surface area (Å²) >= 11 is 4.14. The number of hydrogen-bond acceptors (Lipinski definition) is 3. The van der Waals surface area contributed by atoms with Crippen LogP contribution >= 0.6 is 12.6 Å². The van der Waals surface area contributed by atoms with E-state index in [1.54, 1.807) is 18.2 Å². The molecule has 0 aliphatic rings. The summed E-state index contributed by atoms with van der Waals surface area (Å²) in [6, 6.07) is 6.74. The van der Waals surface area contributed by atoms with E-state index in [9.17, 15) is 4.79 Å². The van der Waals surface area contributed by atoms with Gasteiger partial charge in [0, 0.05) is 10.9 Å². The zero-order valence-electron chi connectivity index (χ0n) is 6.97. The third kappa shape index (κ3) is 3.08. The minimum absolute atomic E-state index is 0.0583. The van der Waals surface area contributed by atoms with Crippen LogP contribution in [0.1, 0.15) is 18.0 Å². The minimum Gasteiger partial charge on any atom is -0.481 e. The highest BCUT2D eigenvalue weighted by molar-refractivity contribution is 7.80. The fourth-order valence-corrected chi connectivity index (χ4v) is 1.30. The molecule has 3 N–H and O–H groups in total. The Hall–Kier alpha value is -1.00. The molecular formula is C9H11NO2S. The lowest BCUT2D eigenvalue weighted by atomic mass is 10.1. The lowest BCUT2D eigenvalue weighted by Crippen LogP contribution is -2.14. The van der Waals surface area contributed by atoms with E-state index in [4.69, 9.17) is 10.8 Å². The SMILES string of the molecule is NC(CC(=O)O)c1cccc(S)c1. The van der Waals surface area contributed by atoms with Crippen molar-refractivity contribution in [1.29, 1.82) is 0 Å². The van der Waals surface area contributed by atoms with Gasteiger partial charge in [-0.25, -0.2) is 0 Å². The number of benzene rings is 1.